The number of benzene rings is 2. The van der Waals surface area contributed by atoms with Crippen molar-refractivity contribution in [2.75, 3.05) is 5.75 Å². The van der Waals surface area contributed by atoms with Crippen molar-refractivity contribution in [2.24, 2.45) is 0 Å². The highest BCUT2D eigenvalue weighted by atomic mass is 32.2. The van der Waals surface area contributed by atoms with E-state index in [1.54, 1.807) is 5.51 Å². The number of hydrogen-bond donors (Lipinski definition) is 1. The first-order valence-corrected chi connectivity index (χ1v) is 9.57. The van der Waals surface area contributed by atoms with Gasteiger partial charge in [0, 0.05) is 6.54 Å². The van der Waals surface area contributed by atoms with Crippen LogP contribution in [-0.4, -0.2) is 21.9 Å². The summed E-state index contributed by atoms with van der Waals surface area (Å²) in [5.74, 6) is 1.16. The number of carbonyl (C=O) groups excluding carboxylic acids is 1. The summed E-state index contributed by atoms with van der Waals surface area (Å²) in [5.41, 5.74) is 3.77. The molecule has 3 aromatic rings. The minimum atomic E-state index is -0.0221. The molecule has 0 atom stereocenters. The van der Waals surface area contributed by atoms with Crippen LogP contribution in [0.2, 0.25) is 0 Å². The summed E-state index contributed by atoms with van der Waals surface area (Å²) < 4.78 is 6.55. The van der Waals surface area contributed by atoms with Crippen molar-refractivity contribution in [1.29, 1.82) is 0 Å². The van der Waals surface area contributed by atoms with E-state index in [0.29, 0.717) is 18.9 Å². The molecule has 25 heavy (non-hydrogen) atoms. The monoisotopic (exact) mass is 371 g/mol. The van der Waals surface area contributed by atoms with E-state index in [1.165, 1.54) is 23.1 Å². The smallest absolute Gasteiger partial charge is 0.230 e. The van der Waals surface area contributed by atoms with Crippen LogP contribution in [0.1, 0.15) is 11.1 Å². The lowest BCUT2D eigenvalue weighted by atomic mass is 10.1. The summed E-state index contributed by atoms with van der Waals surface area (Å²) in [6, 6.07) is 17.7. The van der Waals surface area contributed by atoms with Crippen LogP contribution in [0.4, 0.5) is 0 Å². The first-order valence-electron chi connectivity index (χ1n) is 7.71. The third kappa shape index (κ3) is 5.88. The fourth-order valence-electron chi connectivity index (χ4n) is 2.12. The maximum Gasteiger partial charge on any atom is 0.230 e. The van der Waals surface area contributed by atoms with Gasteiger partial charge in [-0.2, -0.15) is 0 Å². The summed E-state index contributed by atoms with van der Waals surface area (Å²) in [4.78, 5) is 11.9. The highest BCUT2D eigenvalue weighted by Crippen LogP contribution is 2.18. The second-order valence-corrected chi connectivity index (χ2v) is 7.25. The van der Waals surface area contributed by atoms with Gasteiger partial charge in [-0.15, -0.1) is 10.2 Å². The Kier molecular flexibility index (Phi) is 6.42. The normalized spacial score (nSPS) is 10.4. The molecular formula is C18H17N3O2S2. The minimum Gasteiger partial charge on any atom is -0.489 e. The van der Waals surface area contributed by atoms with Crippen LogP contribution in [0.5, 0.6) is 5.75 Å². The molecule has 0 bridgehead atoms. The highest BCUT2D eigenvalue weighted by molar-refractivity contribution is 8.01. The fourth-order valence-corrected chi connectivity index (χ4v) is 3.44. The molecule has 0 spiro atoms. The van der Waals surface area contributed by atoms with Gasteiger partial charge in [0.1, 0.15) is 17.9 Å². The van der Waals surface area contributed by atoms with Crippen LogP contribution in [0, 0.1) is 0 Å². The van der Waals surface area contributed by atoms with E-state index in [1.807, 2.05) is 54.6 Å². The lowest BCUT2D eigenvalue weighted by Gasteiger charge is -2.09. The van der Waals surface area contributed by atoms with Crippen molar-refractivity contribution in [3.05, 3.63) is 71.2 Å². The van der Waals surface area contributed by atoms with Gasteiger partial charge in [-0.25, -0.2) is 0 Å². The van der Waals surface area contributed by atoms with Crippen LogP contribution in [0.3, 0.4) is 0 Å². The summed E-state index contributed by atoms with van der Waals surface area (Å²) in [6.07, 6.45) is 0. The number of para-hydroxylation sites is 1. The number of rotatable bonds is 8. The molecule has 0 aliphatic heterocycles. The maximum absolute atomic E-state index is 11.9. The molecule has 0 aliphatic rings. The SMILES string of the molecule is O=C(CSc1nncs1)NCc1cccc(COc2ccccc2)c1. The Hall–Kier alpha value is -2.38. The van der Waals surface area contributed by atoms with Crippen LogP contribution >= 0.6 is 23.1 Å². The summed E-state index contributed by atoms with van der Waals surface area (Å²) in [7, 11) is 0. The quantitative estimate of drug-likeness (QED) is 0.614. The number of nitrogens with zero attached hydrogens (tertiary/aromatic N) is 2. The van der Waals surface area contributed by atoms with E-state index in [2.05, 4.69) is 15.5 Å². The van der Waals surface area contributed by atoms with Gasteiger partial charge in [0.25, 0.3) is 0 Å². The first kappa shape index (κ1) is 17.4. The number of ether oxygens (including phenoxy) is 1. The third-order valence-electron chi connectivity index (χ3n) is 3.30. The summed E-state index contributed by atoms with van der Waals surface area (Å²) >= 11 is 2.82. The van der Waals surface area contributed by atoms with Crippen molar-refractivity contribution in [3.63, 3.8) is 0 Å². The Morgan fingerprint density at radius 2 is 1.96 bits per heavy atom. The van der Waals surface area contributed by atoms with Gasteiger partial charge in [-0.1, -0.05) is 65.6 Å². The summed E-state index contributed by atoms with van der Waals surface area (Å²) in [5, 5.41) is 10.6. The zero-order valence-corrected chi connectivity index (χ0v) is 15.1. The Morgan fingerprint density at radius 3 is 2.76 bits per heavy atom. The average molecular weight is 371 g/mol. The van der Waals surface area contributed by atoms with Crippen molar-refractivity contribution in [2.45, 2.75) is 17.5 Å². The molecule has 5 nitrogen and oxygen atoms in total. The van der Waals surface area contributed by atoms with E-state index >= 15 is 0 Å². The Morgan fingerprint density at radius 1 is 1.12 bits per heavy atom. The molecule has 3 rings (SSSR count). The molecular weight excluding hydrogens is 354 g/mol. The van der Waals surface area contributed by atoms with Gasteiger partial charge >= 0.3 is 0 Å². The first-order chi connectivity index (χ1) is 12.3. The highest BCUT2D eigenvalue weighted by Gasteiger charge is 2.05. The van der Waals surface area contributed by atoms with Crippen molar-refractivity contribution >= 4 is 29.0 Å². The molecule has 0 unspecified atom stereocenters. The second-order valence-electron chi connectivity index (χ2n) is 5.19. The number of carbonyl (C=O) groups is 1. The van der Waals surface area contributed by atoms with Crippen LogP contribution in [-0.2, 0) is 17.9 Å². The molecule has 0 aliphatic carbocycles. The minimum absolute atomic E-state index is 0.0221. The van der Waals surface area contributed by atoms with Crippen molar-refractivity contribution in [1.82, 2.24) is 15.5 Å². The number of hydrogen-bond acceptors (Lipinski definition) is 6. The molecule has 1 aromatic heterocycles. The number of thioether (sulfide) groups is 1. The molecule has 0 radical (unpaired) electrons. The molecule has 2 aromatic carbocycles. The predicted molar refractivity (Wildman–Crippen MR) is 99.7 cm³/mol. The molecule has 0 fully saturated rings. The molecule has 1 amide bonds. The van der Waals surface area contributed by atoms with Gasteiger partial charge in [-0.3, -0.25) is 4.79 Å². The largest absolute Gasteiger partial charge is 0.489 e. The van der Waals surface area contributed by atoms with Crippen LogP contribution in [0.15, 0.2) is 64.4 Å². The van der Waals surface area contributed by atoms with Crippen LogP contribution < -0.4 is 10.1 Å². The average Bonchev–Trinajstić information content (AvgIpc) is 3.18. The Bertz CT molecular complexity index is 795. The van der Waals surface area contributed by atoms with Crippen molar-refractivity contribution in [3.8, 4) is 5.75 Å². The fraction of sp³-hybridized carbons (Fsp3) is 0.167. The van der Waals surface area contributed by atoms with E-state index in [-0.39, 0.29) is 5.91 Å². The zero-order valence-electron chi connectivity index (χ0n) is 13.4. The van der Waals surface area contributed by atoms with Gasteiger partial charge in [0.15, 0.2) is 4.34 Å². The second kappa shape index (κ2) is 9.19. The lowest BCUT2D eigenvalue weighted by Crippen LogP contribution is -2.24. The predicted octanol–water partition coefficient (Wildman–Crippen LogP) is 3.53. The lowest BCUT2D eigenvalue weighted by molar-refractivity contribution is -0.118. The number of nitrogens with one attached hydrogen (secondary N) is 1. The Labute approximate surface area is 154 Å². The molecule has 7 heteroatoms. The van der Waals surface area contributed by atoms with Gasteiger partial charge in [-0.05, 0) is 23.3 Å². The van der Waals surface area contributed by atoms with E-state index < -0.39 is 0 Å². The van der Waals surface area contributed by atoms with Gasteiger partial charge in [0.05, 0.1) is 5.75 Å². The summed E-state index contributed by atoms with van der Waals surface area (Å²) in [6.45, 7) is 0.993. The standard InChI is InChI=1S/C18H17N3O2S2/c22-17(12-24-18-21-20-13-25-18)19-10-14-5-4-6-15(9-14)11-23-16-7-2-1-3-8-16/h1-9,13H,10-12H2,(H,19,22). The van der Waals surface area contributed by atoms with Gasteiger partial charge < -0.3 is 10.1 Å². The molecule has 0 saturated carbocycles. The van der Waals surface area contributed by atoms with Crippen LogP contribution in [0.25, 0.3) is 0 Å². The molecule has 1 heterocycles. The number of aromatic nitrogens is 2. The maximum atomic E-state index is 11.9. The third-order valence-corrected chi connectivity index (χ3v) is 5.16. The van der Waals surface area contributed by atoms with Crippen molar-refractivity contribution < 1.29 is 9.53 Å². The Balaban J connectivity index is 1.45. The van der Waals surface area contributed by atoms with E-state index in [9.17, 15) is 4.79 Å². The van der Waals surface area contributed by atoms with E-state index in [4.69, 9.17) is 4.74 Å². The van der Waals surface area contributed by atoms with Gasteiger partial charge in [0.2, 0.25) is 5.91 Å². The molecule has 1 N–H and O–H groups in total. The van der Waals surface area contributed by atoms with E-state index in [0.717, 1.165) is 21.2 Å². The number of amides is 1. The zero-order chi connectivity index (χ0) is 17.3. The molecule has 0 saturated heterocycles. The molecule has 128 valence electrons. The topological polar surface area (TPSA) is 64.1 Å².